The second-order valence-corrected chi connectivity index (χ2v) is 7.15. The predicted octanol–water partition coefficient (Wildman–Crippen LogP) is 3.84. The Morgan fingerprint density at radius 2 is 2.00 bits per heavy atom. The van der Waals surface area contributed by atoms with Gasteiger partial charge in [0.15, 0.2) is 0 Å². The summed E-state index contributed by atoms with van der Waals surface area (Å²) in [5.74, 6) is 2.30. The second-order valence-electron chi connectivity index (χ2n) is 7.15. The monoisotopic (exact) mass is 379 g/mol. The van der Waals surface area contributed by atoms with E-state index < -0.39 is 0 Å². The smallest absolute Gasteiger partial charge is 0.258 e. The third kappa shape index (κ3) is 3.24. The number of hydrogen-bond acceptors (Lipinski definition) is 5. The first-order valence-corrected chi connectivity index (χ1v) is 9.59. The van der Waals surface area contributed by atoms with Crippen molar-refractivity contribution in [2.45, 2.75) is 31.8 Å². The van der Waals surface area contributed by atoms with Gasteiger partial charge in [-0.05, 0) is 44.5 Å². The lowest BCUT2D eigenvalue weighted by Gasteiger charge is -2.31. The van der Waals surface area contributed by atoms with Gasteiger partial charge in [0.1, 0.15) is 17.3 Å². The van der Waals surface area contributed by atoms with Crippen molar-refractivity contribution in [2.75, 3.05) is 20.8 Å². The molecule has 2 atom stereocenters. The van der Waals surface area contributed by atoms with Crippen LogP contribution in [0.15, 0.2) is 47.3 Å². The molecule has 3 aromatic rings. The minimum absolute atomic E-state index is 0.0170. The molecule has 0 unspecified atom stereocenters. The van der Waals surface area contributed by atoms with Crippen molar-refractivity contribution < 1.29 is 9.47 Å². The number of nitrogens with one attached hydrogen (secondary N) is 1. The topological polar surface area (TPSA) is 67.5 Å². The summed E-state index contributed by atoms with van der Waals surface area (Å²) in [5.41, 5.74) is 1.77. The Balaban J connectivity index is 1.70. The lowest BCUT2D eigenvalue weighted by Crippen LogP contribution is -2.29. The number of aromatic nitrogens is 2. The minimum atomic E-state index is -0.0924. The van der Waals surface area contributed by atoms with Crippen molar-refractivity contribution in [1.82, 2.24) is 14.9 Å². The van der Waals surface area contributed by atoms with Crippen LogP contribution in [0.2, 0.25) is 0 Å². The number of hydrogen-bond donors (Lipinski definition) is 1. The average Bonchev–Trinajstić information content (AvgIpc) is 3.22. The maximum absolute atomic E-state index is 12.5. The van der Waals surface area contributed by atoms with E-state index in [4.69, 9.17) is 14.5 Å². The molecule has 2 aromatic carbocycles. The van der Waals surface area contributed by atoms with Crippen molar-refractivity contribution in [3.8, 4) is 11.5 Å². The van der Waals surface area contributed by atoms with Gasteiger partial charge in [-0.1, -0.05) is 18.2 Å². The van der Waals surface area contributed by atoms with E-state index in [1.807, 2.05) is 30.3 Å². The molecule has 1 fully saturated rings. The van der Waals surface area contributed by atoms with Gasteiger partial charge in [-0.15, -0.1) is 0 Å². The number of methoxy groups -OCH3 is 2. The molecule has 6 nitrogen and oxygen atoms in total. The van der Waals surface area contributed by atoms with Gasteiger partial charge >= 0.3 is 0 Å². The summed E-state index contributed by atoms with van der Waals surface area (Å²) >= 11 is 0. The molecule has 28 heavy (non-hydrogen) atoms. The largest absolute Gasteiger partial charge is 0.497 e. The van der Waals surface area contributed by atoms with Gasteiger partial charge in [0, 0.05) is 17.7 Å². The molecule has 1 N–H and O–H groups in total. The fourth-order valence-corrected chi connectivity index (χ4v) is 4.14. The average molecular weight is 379 g/mol. The molecule has 6 heteroatoms. The number of benzene rings is 2. The Kier molecular flexibility index (Phi) is 5.05. The molecular weight excluding hydrogens is 354 g/mol. The number of rotatable bonds is 5. The van der Waals surface area contributed by atoms with Gasteiger partial charge in [-0.3, -0.25) is 9.69 Å². The summed E-state index contributed by atoms with van der Waals surface area (Å²) in [6.07, 6.45) is 2.12. The maximum atomic E-state index is 12.5. The van der Waals surface area contributed by atoms with Gasteiger partial charge in [-0.25, -0.2) is 4.98 Å². The van der Waals surface area contributed by atoms with E-state index in [2.05, 4.69) is 22.9 Å². The first-order chi connectivity index (χ1) is 13.6. The zero-order valence-corrected chi connectivity index (χ0v) is 16.4. The summed E-state index contributed by atoms with van der Waals surface area (Å²) in [7, 11) is 3.34. The Labute approximate surface area is 164 Å². The highest BCUT2D eigenvalue weighted by Crippen LogP contribution is 2.42. The Morgan fingerprint density at radius 3 is 2.79 bits per heavy atom. The number of nitrogens with zero attached hydrogens (tertiary/aromatic N) is 2. The Morgan fingerprint density at radius 1 is 1.18 bits per heavy atom. The van der Waals surface area contributed by atoms with Crippen LogP contribution >= 0.6 is 0 Å². The van der Waals surface area contributed by atoms with Crippen LogP contribution in [0.3, 0.4) is 0 Å². The van der Waals surface area contributed by atoms with Crippen LogP contribution in [0, 0.1) is 0 Å². The fourth-order valence-electron chi connectivity index (χ4n) is 4.14. The van der Waals surface area contributed by atoms with Crippen LogP contribution in [-0.2, 0) is 0 Å². The van der Waals surface area contributed by atoms with Crippen LogP contribution in [-0.4, -0.2) is 35.6 Å². The first-order valence-electron chi connectivity index (χ1n) is 9.59. The lowest BCUT2D eigenvalue weighted by atomic mass is 10.0. The number of likely N-dealkylation sites (tertiary alicyclic amines) is 1. The molecule has 1 saturated heterocycles. The summed E-state index contributed by atoms with van der Waals surface area (Å²) < 4.78 is 11.0. The van der Waals surface area contributed by atoms with Gasteiger partial charge in [0.2, 0.25) is 0 Å². The molecule has 0 spiro atoms. The van der Waals surface area contributed by atoms with E-state index in [1.54, 1.807) is 20.3 Å². The van der Waals surface area contributed by atoms with Crippen LogP contribution in [0.25, 0.3) is 10.9 Å². The predicted molar refractivity (Wildman–Crippen MR) is 109 cm³/mol. The molecule has 146 valence electrons. The van der Waals surface area contributed by atoms with Crippen LogP contribution in [0.4, 0.5) is 0 Å². The van der Waals surface area contributed by atoms with Crippen molar-refractivity contribution in [1.29, 1.82) is 0 Å². The molecule has 1 aromatic heterocycles. The van der Waals surface area contributed by atoms with Crippen molar-refractivity contribution in [3.05, 3.63) is 64.2 Å². The molecular formula is C22H25N3O3. The number of ether oxygens (including phenoxy) is 2. The van der Waals surface area contributed by atoms with E-state index in [9.17, 15) is 4.79 Å². The van der Waals surface area contributed by atoms with Crippen molar-refractivity contribution >= 4 is 10.9 Å². The molecule has 0 aliphatic carbocycles. The van der Waals surface area contributed by atoms with Crippen LogP contribution in [0.1, 0.15) is 43.2 Å². The molecule has 4 rings (SSSR count). The summed E-state index contributed by atoms with van der Waals surface area (Å²) in [4.78, 5) is 22.6. The number of aromatic amines is 1. The maximum Gasteiger partial charge on any atom is 0.258 e. The Bertz CT molecular complexity index is 1050. The first kappa shape index (κ1) is 18.5. The van der Waals surface area contributed by atoms with E-state index >= 15 is 0 Å². The highest BCUT2D eigenvalue weighted by molar-refractivity contribution is 5.77. The molecule has 1 aliphatic rings. The summed E-state index contributed by atoms with van der Waals surface area (Å²) in [5, 5.41) is 0.619. The zero-order chi connectivity index (χ0) is 19.7. The van der Waals surface area contributed by atoms with E-state index in [1.165, 1.54) is 0 Å². The standard InChI is InChI=1S/C22H25N3O3/c1-14(21-23-18-8-5-4-7-16(18)22(26)24-21)25-12-6-9-19(25)17-11-10-15(27-2)13-20(17)28-3/h4-5,7-8,10-11,13-14,19H,6,9,12H2,1-3H3,(H,23,24,26)/t14-,19+/m0/s1. The van der Waals surface area contributed by atoms with Gasteiger partial charge in [-0.2, -0.15) is 0 Å². The minimum Gasteiger partial charge on any atom is -0.497 e. The van der Waals surface area contributed by atoms with Crippen LogP contribution in [0.5, 0.6) is 11.5 Å². The van der Waals surface area contributed by atoms with E-state index in [0.29, 0.717) is 11.2 Å². The normalized spacial score (nSPS) is 18.3. The molecule has 1 aliphatic heterocycles. The van der Waals surface area contributed by atoms with Gasteiger partial charge in [0.05, 0.1) is 31.2 Å². The second kappa shape index (κ2) is 7.64. The van der Waals surface area contributed by atoms with Gasteiger partial charge in [0.25, 0.3) is 5.56 Å². The molecule has 0 bridgehead atoms. The van der Waals surface area contributed by atoms with Gasteiger partial charge < -0.3 is 14.5 Å². The summed E-state index contributed by atoms with van der Waals surface area (Å²) in [6, 6.07) is 13.6. The third-order valence-corrected chi connectivity index (χ3v) is 5.62. The molecule has 0 saturated carbocycles. The zero-order valence-electron chi connectivity index (χ0n) is 16.4. The molecule has 0 radical (unpaired) electrons. The number of para-hydroxylation sites is 1. The quantitative estimate of drug-likeness (QED) is 0.730. The Hall–Kier alpha value is -2.86. The van der Waals surface area contributed by atoms with E-state index in [-0.39, 0.29) is 17.6 Å². The van der Waals surface area contributed by atoms with Crippen molar-refractivity contribution in [2.24, 2.45) is 0 Å². The van der Waals surface area contributed by atoms with Crippen molar-refractivity contribution in [3.63, 3.8) is 0 Å². The third-order valence-electron chi connectivity index (χ3n) is 5.62. The van der Waals surface area contributed by atoms with E-state index in [0.717, 1.165) is 42.0 Å². The SMILES string of the molecule is COc1ccc([C@H]2CCCN2[C@@H](C)c2nc3ccccc3c(=O)[nH]2)c(OC)c1. The number of fused-ring (bicyclic) bond motifs is 1. The fraction of sp³-hybridized carbons (Fsp3) is 0.364. The molecule has 0 amide bonds. The lowest BCUT2D eigenvalue weighted by molar-refractivity contribution is 0.184. The molecule has 2 heterocycles. The van der Waals surface area contributed by atoms with Crippen LogP contribution < -0.4 is 15.0 Å². The number of H-pyrrole nitrogens is 1. The highest BCUT2D eigenvalue weighted by Gasteiger charge is 2.33. The highest BCUT2D eigenvalue weighted by atomic mass is 16.5. The summed E-state index contributed by atoms with van der Waals surface area (Å²) in [6.45, 7) is 3.04.